The summed E-state index contributed by atoms with van der Waals surface area (Å²) in [6, 6.07) is 10.7. The molecule has 0 radical (unpaired) electrons. The van der Waals surface area contributed by atoms with Crippen LogP contribution in [0.4, 0.5) is 5.82 Å². The number of hydrogen-bond acceptors (Lipinski definition) is 6. The molecule has 0 spiro atoms. The molecule has 0 bridgehead atoms. The van der Waals surface area contributed by atoms with E-state index in [-0.39, 0.29) is 17.2 Å². The molecular weight excluding hydrogens is 394 g/mol. The number of halogens is 1. The fraction of sp³-hybridized carbons (Fsp3) is 0.211. The molecule has 9 nitrogen and oxygen atoms in total. The number of nitrogens with one attached hydrogen (secondary N) is 1. The highest BCUT2D eigenvalue weighted by Crippen LogP contribution is 2.19. The molecule has 1 N–H and O–H groups in total. The van der Waals surface area contributed by atoms with Crippen LogP contribution in [0, 0.1) is 0 Å². The average Bonchev–Trinajstić information content (AvgIpc) is 3.18. The van der Waals surface area contributed by atoms with Gasteiger partial charge in [0.05, 0.1) is 10.9 Å². The number of pyridine rings is 1. The maximum Gasteiger partial charge on any atom is 0.281 e. The summed E-state index contributed by atoms with van der Waals surface area (Å²) in [7, 11) is 0. The zero-order chi connectivity index (χ0) is 20.0. The molecule has 0 saturated carbocycles. The molecule has 4 heterocycles. The van der Waals surface area contributed by atoms with Crippen molar-refractivity contribution >= 4 is 39.9 Å². The Balaban J connectivity index is 1.44. The molecule has 0 unspecified atom stereocenters. The molecule has 3 aromatic heterocycles. The van der Waals surface area contributed by atoms with Crippen LogP contribution in [0.25, 0.3) is 16.6 Å². The van der Waals surface area contributed by atoms with Crippen molar-refractivity contribution < 1.29 is 4.79 Å². The van der Waals surface area contributed by atoms with Crippen LogP contribution in [-0.2, 0) is 0 Å². The summed E-state index contributed by atoms with van der Waals surface area (Å²) in [6.45, 7) is 2.39. The van der Waals surface area contributed by atoms with Gasteiger partial charge in [-0.05, 0) is 30.3 Å². The number of fused-ring (bicyclic) bond motifs is 3. The molecular formula is C19H16ClN7O2. The first-order valence-electron chi connectivity index (χ1n) is 9.13. The van der Waals surface area contributed by atoms with Gasteiger partial charge in [0, 0.05) is 37.4 Å². The SMILES string of the molecule is O=C(c1n[nH]n2c1nc(=O)c1cc(Cl)ccc12)N1CCN(c2ccccn2)CC1. The Morgan fingerprint density at radius 3 is 2.69 bits per heavy atom. The zero-order valence-corrected chi connectivity index (χ0v) is 16.0. The molecule has 146 valence electrons. The fourth-order valence-electron chi connectivity index (χ4n) is 3.58. The second kappa shape index (κ2) is 6.85. The van der Waals surface area contributed by atoms with Crippen molar-refractivity contribution in [2.24, 2.45) is 0 Å². The van der Waals surface area contributed by atoms with Crippen molar-refractivity contribution in [2.45, 2.75) is 0 Å². The smallest absolute Gasteiger partial charge is 0.281 e. The predicted molar refractivity (Wildman–Crippen MR) is 108 cm³/mol. The first kappa shape index (κ1) is 17.6. The maximum atomic E-state index is 13.1. The molecule has 1 amide bonds. The summed E-state index contributed by atoms with van der Waals surface area (Å²) in [5.41, 5.74) is 0.459. The summed E-state index contributed by atoms with van der Waals surface area (Å²) < 4.78 is 1.53. The highest BCUT2D eigenvalue weighted by molar-refractivity contribution is 6.31. The van der Waals surface area contributed by atoms with E-state index in [0.29, 0.717) is 42.1 Å². The molecule has 1 aliphatic heterocycles. The summed E-state index contributed by atoms with van der Waals surface area (Å²) in [6.07, 6.45) is 1.75. The first-order chi connectivity index (χ1) is 14.1. The van der Waals surface area contributed by atoms with Gasteiger partial charge >= 0.3 is 0 Å². The standard InChI is InChI=1S/C19H16ClN7O2/c20-12-4-5-14-13(11-12)18(28)22-17-16(23-24-27(14)17)19(29)26-9-7-25(8-10-26)15-3-1-2-6-21-15/h1-6,11,24H,7-10H2. The lowest BCUT2D eigenvalue weighted by Crippen LogP contribution is -2.49. The number of carbonyl (C=O) groups is 1. The van der Waals surface area contributed by atoms with E-state index in [4.69, 9.17) is 11.6 Å². The first-order valence-corrected chi connectivity index (χ1v) is 9.51. The van der Waals surface area contributed by atoms with Crippen molar-refractivity contribution in [2.75, 3.05) is 31.1 Å². The minimum Gasteiger partial charge on any atom is -0.353 e. The minimum absolute atomic E-state index is 0.130. The van der Waals surface area contributed by atoms with Crippen LogP contribution in [0.2, 0.25) is 5.02 Å². The Morgan fingerprint density at radius 1 is 1.10 bits per heavy atom. The van der Waals surface area contributed by atoms with Gasteiger partial charge in [-0.1, -0.05) is 17.7 Å². The van der Waals surface area contributed by atoms with Crippen molar-refractivity contribution in [3.63, 3.8) is 0 Å². The summed E-state index contributed by atoms with van der Waals surface area (Å²) in [5.74, 6) is 0.632. The third-order valence-corrected chi connectivity index (χ3v) is 5.30. The van der Waals surface area contributed by atoms with Gasteiger partial charge in [-0.15, -0.1) is 5.10 Å². The van der Waals surface area contributed by atoms with E-state index in [1.54, 1.807) is 29.3 Å². The van der Waals surface area contributed by atoms with Crippen LogP contribution in [-0.4, -0.2) is 61.8 Å². The number of carbonyl (C=O) groups excluding carboxylic acids is 1. The van der Waals surface area contributed by atoms with Gasteiger partial charge in [-0.2, -0.15) is 4.98 Å². The van der Waals surface area contributed by atoms with Crippen LogP contribution in [0.15, 0.2) is 47.4 Å². The topological polar surface area (TPSA) is 99.5 Å². The van der Waals surface area contributed by atoms with Crippen LogP contribution in [0.3, 0.4) is 0 Å². The Bertz CT molecular complexity index is 1280. The van der Waals surface area contributed by atoms with Gasteiger partial charge in [0.15, 0.2) is 11.3 Å². The zero-order valence-electron chi connectivity index (χ0n) is 15.2. The number of anilines is 1. The van der Waals surface area contributed by atoms with Crippen LogP contribution < -0.4 is 10.5 Å². The predicted octanol–water partition coefficient (Wildman–Crippen LogP) is 1.58. The van der Waals surface area contributed by atoms with Crippen molar-refractivity contribution in [3.8, 4) is 0 Å². The lowest BCUT2D eigenvalue weighted by molar-refractivity contribution is 0.0742. The van der Waals surface area contributed by atoms with Gasteiger partial charge in [-0.25, -0.2) is 14.7 Å². The van der Waals surface area contributed by atoms with E-state index in [1.807, 2.05) is 18.2 Å². The highest BCUT2D eigenvalue weighted by atomic mass is 35.5. The molecule has 29 heavy (non-hydrogen) atoms. The average molecular weight is 410 g/mol. The largest absolute Gasteiger partial charge is 0.353 e. The number of piperazine rings is 1. The third-order valence-electron chi connectivity index (χ3n) is 5.07. The number of aromatic amines is 1. The molecule has 5 rings (SSSR count). The molecule has 0 aliphatic carbocycles. The second-order valence-electron chi connectivity index (χ2n) is 6.77. The Morgan fingerprint density at radius 2 is 1.93 bits per heavy atom. The quantitative estimate of drug-likeness (QED) is 0.539. The Hall–Kier alpha value is -3.46. The maximum absolute atomic E-state index is 13.1. The summed E-state index contributed by atoms with van der Waals surface area (Å²) in [4.78, 5) is 37.8. The number of H-pyrrole nitrogens is 1. The summed E-state index contributed by atoms with van der Waals surface area (Å²) >= 11 is 5.98. The van der Waals surface area contributed by atoms with E-state index in [1.165, 1.54) is 4.52 Å². The van der Waals surface area contributed by atoms with Gasteiger partial charge in [-0.3, -0.25) is 9.59 Å². The minimum atomic E-state index is -0.446. The Labute approximate surface area is 169 Å². The molecule has 4 aromatic rings. The van der Waals surface area contributed by atoms with E-state index < -0.39 is 5.56 Å². The summed E-state index contributed by atoms with van der Waals surface area (Å²) in [5, 5.41) is 7.74. The van der Waals surface area contributed by atoms with Crippen LogP contribution >= 0.6 is 11.6 Å². The lowest BCUT2D eigenvalue weighted by atomic mass is 10.2. The number of benzene rings is 1. The third kappa shape index (κ3) is 2.99. The number of rotatable bonds is 2. The number of hydrogen-bond donors (Lipinski definition) is 1. The van der Waals surface area contributed by atoms with Gasteiger partial charge in [0.25, 0.3) is 11.5 Å². The number of aromatic nitrogens is 5. The second-order valence-corrected chi connectivity index (χ2v) is 7.20. The van der Waals surface area contributed by atoms with Crippen molar-refractivity contribution in [1.29, 1.82) is 0 Å². The molecule has 1 fully saturated rings. The Kier molecular flexibility index (Phi) is 4.17. The number of nitrogens with zero attached hydrogens (tertiary/aromatic N) is 6. The van der Waals surface area contributed by atoms with Gasteiger partial charge in [0.2, 0.25) is 0 Å². The molecule has 0 atom stereocenters. The van der Waals surface area contributed by atoms with Crippen molar-refractivity contribution in [1.82, 2.24) is 29.7 Å². The lowest BCUT2D eigenvalue weighted by Gasteiger charge is -2.35. The molecule has 1 aromatic carbocycles. The van der Waals surface area contributed by atoms with E-state index in [0.717, 1.165) is 5.82 Å². The van der Waals surface area contributed by atoms with Gasteiger partial charge in [0.1, 0.15) is 5.82 Å². The van der Waals surface area contributed by atoms with Gasteiger partial charge < -0.3 is 9.80 Å². The normalized spacial score (nSPS) is 14.7. The molecule has 1 saturated heterocycles. The van der Waals surface area contributed by atoms with E-state index >= 15 is 0 Å². The van der Waals surface area contributed by atoms with E-state index in [2.05, 4.69) is 25.2 Å². The monoisotopic (exact) mass is 409 g/mol. The molecule has 1 aliphatic rings. The number of amides is 1. The fourth-order valence-corrected chi connectivity index (χ4v) is 3.75. The van der Waals surface area contributed by atoms with Crippen LogP contribution in [0.5, 0.6) is 0 Å². The van der Waals surface area contributed by atoms with Crippen LogP contribution in [0.1, 0.15) is 10.5 Å². The molecule has 10 heteroatoms. The highest BCUT2D eigenvalue weighted by Gasteiger charge is 2.27. The van der Waals surface area contributed by atoms with E-state index in [9.17, 15) is 9.59 Å². The van der Waals surface area contributed by atoms with Crippen molar-refractivity contribution in [3.05, 3.63) is 63.7 Å².